The SMILES string of the molecule is CC(C)C(C)(C)CNc1ncc(N)s1. The van der Waals surface area contributed by atoms with Crippen molar-refractivity contribution in [3.8, 4) is 0 Å². The number of thiazole rings is 1. The maximum atomic E-state index is 5.59. The van der Waals surface area contributed by atoms with Gasteiger partial charge in [-0.25, -0.2) is 4.98 Å². The van der Waals surface area contributed by atoms with E-state index < -0.39 is 0 Å². The first-order valence-corrected chi connectivity index (χ1v) is 5.68. The van der Waals surface area contributed by atoms with Gasteiger partial charge in [0.15, 0.2) is 5.13 Å². The van der Waals surface area contributed by atoms with Crippen LogP contribution in [0.15, 0.2) is 6.20 Å². The average Bonchev–Trinajstić information content (AvgIpc) is 2.48. The number of nitrogens with zero attached hydrogens (tertiary/aromatic N) is 1. The highest BCUT2D eigenvalue weighted by Gasteiger charge is 2.22. The summed E-state index contributed by atoms with van der Waals surface area (Å²) in [5.41, 5.74) is 5.87. The third kappa shape index (κ3) is 2.87. The van der Waals surface area contributed by atoms with Crippen LogP contribution in [0.4, 0.5) is 10.1 Å². The number of nitrogens with one attached hydrogen (secondary N) is 1. The maximum absolute atomic E-state index is 5.59. The lowest BCUT2D eigenvalue weighted by Crippen LogP contribution is -2.28. The number of nitrogen functional groups attached to an aromatic ring is 1. The molecule has 1 aromatic heterocycles. The lowest BCUT2D eigenvalue weighted by atomic mass is 9.81. The molecule has 1 heterocycles. The molecule has 0 aliphatic heterocycles. The first-order chi connectivity index (χ1) is 6.42. The van der Waals surface area contributed by atoms with Gasteiger partial charge in [0.05, 0.1) is 6.20 Å². The molecule has 0 aliphatic carbocycles. The van der Waals surface area contributed by atoms with Crippen LogP contribution in [-0.2, 0) is 0 Å². The Balaban J connectivity index is 2.48. The minimum atomic E-state index is 0.278. The Bertz CT molecular complexity index is 291. The van der Waals surface area contributed by atoms with E-state index in [2.05, 4.69) is 38.0 Å². The summed E-state index contributed by atoms with van der Waals surface area (Å²) >= 11 is 1.50. The van der Waals surface area contributed by atoms with E-state index in [0.717, 1.165) is 16.7 Å². The number of hydrogen-bond acceptors (Lipinski definition) is 4. The van der Waals surface area contributed by atoms with Crippen molar-refractivity contribution in [3.63, 3.8) is 0 Å². The number of aromatic nitrogens is 1. The molecule has 1 rings (SSSR count). The van der Waals surface area contributed by atoms with Gasteiger partial charge in [0.25, 0.3) is 0 Å². The van der Waals surface area contributed by atoms with Crippen molar-refractivity contribution in [2.75, 3.05) is 17.6 Å². The van der Waals surface area contributed by atoms with Crippen LogP contribution in [0.2, 0.25) is 0 Å². The summed E-state index contributed by atoms with van der Waals surface area (Å²) in [6.45, 7) is 9.90. The minimum Gasteiger partial charge on any atom is -0.389 e. The van der Waals surface area contributed by atoms with Crippen LogP contribution in [0.1, 0.15) is 27.7 Å². The molecule has 0 aromatic carbocycles. The summed E-state index contributed by atoms with van der Waals surface area (Å²) in [5.74, 6) is 0.646. The highest BCUT2D eigenvalue weighted by Crippen LogP contribution is 2.27. The van der Waals surface area contributed by atoms with Crippen molar-refractivity contribution in [1.29, 1.82) is 0 Å². The van der Waals surface area contributed by atoms with Crippen LogP contribution >= 0.6 is 11.3 Å². The van der Waals surface area contributed by atoms with Gasteiger partial charge < -0.3 is 11.1 Å². The van der Waals surface area contributed by atoms with Crippen LogP contribution < -0.4 is 11.1 Å². The Morgan fingerprint density at radius 2 is 2.21 bits per heavy atom. The van der Waals surface area contributed by atoms with Crippen LogP contribution in [0.3, 0.4) is 0 Å². The molecule has 0 bridgehead atoms. The number of nitrogens with two attached hydrogens (primary N) is 1. The Morgan fingerprint density at radius 3 is 2.64 bits per heavy atom. The molecule has 0 atom stereocenters. The second kappa shape index (κ2) is 4.17. The normalized spacial score (nSPS) is 12.1. The summed E-state index contributed by atoms with van der Waals surface area (Å²) in [6, 6.07) is 0. The van der Waals surface area contributed by atoms with Crippen molar-refractivity contribution in [2.24, 2.45) is 11.3 Å². The van der Waals surface area contributed by atoms with E-state index in [0.29, 0.717) is 5.92 Å². The zero-order valence-electron chi connectivity index (χ0n) is 9.29. The molecule has 0 saturated carbocycles. The summed E-state index contributed by atoms with van der Waals surface area (Å²) < 4.78 is 0. The van der Waals surface area contributed by atoms with Crippen LogP contribution in [0, 0.1) is 11.3 Å². The standard InChI is InChI=1S/C10H19N3S/c1-7(2)10(3,4)6-13-9-12-5-8(11)14-9/h5,7H,6,11H2,1-4H3,(H,12,13). The first kappa shape index (κ1) is 11.3. The molecule has 0 unspecified atom stereocenters. The fraction of sp³-hybridized carbons (Fsp3) is 0.700. The summed E-state index contributed by atoms with van der Waals surface area (Å²) in [7, 11) is 0. The van der Waals surface area contributed by atoms with Gasteiger partial charge in [-0.15, -0.1) is 0 Å². The van der Waals surface area contributed by atoms with Gasteiger partial charge >= 0.3 is 0 Å². The predicted molar refractivity (Wildman–Crippen MR) is 63.6 cm³/mol. The molecule has 14 heavy (non-hydrogen) atoms. The first-order valence-electron chi connectivity index (χ1n) is 4.87. The molecule has 3 N–H and O–H groups in total. The Kier molecular flexibility index (Phi) is 3.37. The minimum absolute atomic E-state index is 0.278. The van der Waals surface area contributed by atoms with Gasteiger partial charge in [0, 0.05) is 6.54 Å². The smallest absolute Gasteiger partial charge is 0.184 e. The summed E-state index contributed by atoms with van der Waals surface area (Å²) in [4.78, 5) is 4.16. The molecule has 1 aromatic rings. The van der Waals surface area contributed by atoms with Crippen LogP contribution in [0.25, 0.3) is 0 Å². The van der Waals surface area contributed by atoms with Crippen LogP contribution in [0.5, 0.6) is 0 Å². The zero-order valence-corrected chi connectivity index (χ0v) is 10.1. The van der Waals surface area contributed by atoms with Gasteiger partial charge in [-0.3, -0.25) is 0 Å². The Hall–Kier alpha value is -0.770. The molecular weight excluding hydrogens is 194 g/mol. The molecule has 4 heteroatoms. The highest BCUT2D eigenvalue weighted by atomic mass is 32.1. The van der Waals surface area contributed by atoms with Crippen molar-refractivity contribution < 1.29 is 0 Å². The average molecular weight is 213 g/mol. The van der Waals surface area contributed by atoms with Crippen molar-refractivity contribution >= 4 is 21.5 Å². The van der Waals surface area contributed by atoms with E-state index in [1.165, 1.54) is 11.3 Å². The van der Waals surface area contributed by atoms with Crippen molar-refractivity contribution in [3.05, 3.63) is 6.20 Å². The number of rotatable bonds is 4. The third-order valence-corrected chi connectivity index (χ3v) is 3.57. The molecule has 0 saturated heterocycles. The Morgan fingerprint density at radius 1 is 1.57 bits per heavy atom. The van der Waals surface area contributed by atoms with E-state index in [1.807, 2.05) is 0 Å². The lowest BCUT2D eigenvalue weighted by molar-refractivity contribution is 0.269. The Labute approximate surface area is 89.7 Å². The summed E-state index contributed by atoms with van der Waals surface area (Å²) in [5, 5.41) is 4.99. The van der Waals surface area contributed by atoms with E-state index in [9.17, 15) is 0 Å². The second-order valence-corrected chi connectivity index (χ2v) is 5.63. The van der Waals surface area contributed by atoms with Gasteiger partial charge in [-0.05, 0) is 11.3 Å². The topological polar surface area (TPSA) is 50.9 Å². The van der Waals surface area contributed by atoms with E-state index in [1.54, 1.807) is 6.20 Å². The quantitative estimate of drug-likeness (QED) is 0.808. The third-order valence-electron chi connectivity index (χ3n) is 2.78. The fourth-order valence-electron chi connectivity index (χ4n) is 0.876. The molecule has 0 aliphatic rings. The molecule has 0 radical (unpaired) electrons. The fourth-order valence-corrected chi connectivity index (χ4v) is 1.45. The molecule has 3 nitrogen and oxygen atoms in total. The molecule has 0 spiro atoms. The van der Waals surface area contributed by atoms with Gasteiger partial charge in [-0.1, -0.05) is 39.0 Å². The largest absolute Gasteiger partial charge is 0.389 e. The van der Waals surface area contributed by atoms with Gasteiger partial charge in [-0.2, -0.15) is 0 Å². The zero-order chi connectivity index (χ0) is 10.8. The maximum Gasteiger partial charge on any atom is 0.184 e. The van der Waals surface area contributed by atoms with E-state index in [-0.39, 0.29) is 5.41 Å². The van der Waals surface area contributed by atoms with Gasteiger partial charge in [0.1, 0.15) is 5.00 Å². The predicted octanol–water partition coefficient (Wildman–Crippen LogP) is 2.82. The molecule has 0 amide bonds. The second-order valence-electron chi connectivity index (χ2n) is 4.56. The van der Waals surface area contributed by atoms with Crippen molar-refractivity contribution in [2.45, 2.75) is 27.7 Å². The van der Waals surface area contributed by atoms with Crippen LogP contribution in [-0.4, -0.2) is 11.5 Å². The highest BCUT2D eigenvalue weighted by molar-refractivity contribution is 7.19. The lowest BCUT2D eigenvalue weighted by Gasteiger charge is -2.29. The van der Waals surface area contributed by atoms with E-state index in [4.69, 9.17) is 5.73 Å². The molecule has 0 fully saturated rings. The van der Waals surface area contributed by atoms with E-state index >= 15 is 0 Å². The number of hydrogen-bond donors (Lipinski definition) is 2. The summed E-state index contributed by atoms with van der Waals surface area (Å²) in [6.07, 6.45) is 1.69. The molecular formula is C10H19N3S. The number of anilines is 2. The molecule has 80 valence electrons. The van der Waals surface area contributed by atoms with Gasteiger partial charge in [0.2, 0.25) is 0 Å². The monoisotopic (exact) mass is 213 g/mol. The van der Waals surface area contributed by atoms with Crippen molar-refractivity contribution in [1.82, 2.24) is 4.98 Å².